The van der Waals surface area contributed by atoms with Crippen LogP contribution in [0, 0.1) is 11.8 Å². The Hall–Kier alpha value is -0.240. The van der Waals surface area contributed by atoms with Gasteiger partial charge in [0.25, 0.3) is 0 Å². The third kappa shape index (κ3) is 3.69. The lowest BCUT2D eigenvalue weighted by molar-refractivity contribution is 0.177. The summed E-state index contributed by atoms with van der Waals surface area (Å²) in [6.07, 6.45) is 6.69. The number of nitrogens with one attached hydrogen (secondary N) is 1. The van der Waals surface area contributed by atoms with Crippen molar-refractivity contribution in [1.29, 1.82) is 0 Å². The molecular weight excluding hydrogens is 289 g/mol. The third-order valence-corrected chi connectivity index (χ3v) is 5.39. The molecule has 0 spiro atoms. The molecule has 0 amide bonds. The molecule has 3 unspecified atom stereocenters. The molecule has 0 bridgehead atoms. The Morgan fingerprint density at radius 3 is 2.55 bits per heavy atom. The van der Waals surface area contributed by atoms with Gasteiger partial charge >= 0.3 is 0 Å². The van der Waals surface area contributed by atoms with Crippen molar-refractivity contribution in [3.8, 4) is 0 Å². The Morgan fingerprint density at radius 2 is 1.90 bits per heavy atom. The Morgan fingerprint density at radius 1 is 1.15 bits per heavy atom. The zero-order valence-corrected chi connectivity index (χ0v) is 14.0. The summed E-state index contributed by atoms with van der Waals surface area (Å²) >= 11 is 12.3. The molecule has 20 heavy (non-hydrogen) atoms. The summed E-state index contributed by atoms with van der Waals surface area (Å²) in [6.45, 7) is 5.48. The minimum absolute atomic E-state index is 0.403. The summed E-state index contributed by atoms with van der Waals surface area (Å²) in [7, 11) is 0. The normalized spacial score (nSPS) is 24.6. The van der Waals surface area contributed by atoms with Crippen molar-refractivity contribution in [1.82, 2.24) is 5.32 Å². The minimum Gasteiger partial charge on any atom is -0.310 e. The van der Waals surface area contributed by atoms with Crippen molar-refractivity contribution >= 4 is 23.2 Å². The van der Waals surface area contributed by atoms with Crippen LogP contribution in [0.4, 0.5) is 0 Å². The minimum atomic E-state index is 0.403. The topological polar surface area (TPSA) is 12.0 Å². The number of benzene rings is 1. The van der Waals surface area contributed by atoms with Crippen molar-refractivity contribution in [2.24, 2.45) is 11.8 Å². The first-order valence-corrected chi connectivity index (χ1v) is 8.61. The zero-order chi connectivity index (χ0) is 14.5. The molecule has 1 N–H and O–H groups in total. The molecule has 2 rings (SSSR count). The molecule has 3 atom stereocenters. The second kappa shape index (κ2) is 7.68. The maximum atomic E-state index is 6.21. The first-order valence-electron chi connectivity index (χ1n) is 7.85. The van der Waals surface area contributed by atoms with E-state index in [1.54, 1.807) is 0 Å². The van der Waals surface area contributed by atoms with E-state index in [0.29, 0.717) is 22.0 Å². The molecule has 1 aromatic rings. The first kappa shape index (κ1) is 16.1. The summed E-state index contributed by atoms with van der Waals surface area (Å²) in [5, 5.41) is 4.98. The summed E-state index contributed by atoms with van der Waals surface area (Å²) in [5.74, 6) is 1.54. The van der Waals surface area contributed by atoms with Gasteiger partial charge in [-0.15, -0.1) is 0 Å². The van der Waals surface area contributed by atoms with Gasteiger partial charge in [-0.3, -0.25) is 0 Å². The molecule has 0 saturated heterocycles. The van der Waals surface area contributed by atoms with E-state index in [4.69, 9.17) is 23.2 Å². The Balaban J connectivity index is 2.26. The highest BCUT2D eigenvalue weighted by atomic mass is 35.5. The van der Waals surface area contributed by atoms with Crippen LogP contribution in [-0.2, 0) is 0 Å². The van der Waals surface area contributed by atoms with Crippen molar-refractivity contribution < 1.29 is 0 Å². The second-order valence-electron chi connectivity index (χ2n) is 5.83. The molecule has 1 nitrogen and oxygen atoms in total. The van der Waals surface area contributed by atoms with Gasteiger partial charge in [0.2, 0.25) is 0 Å². The van der Waals surface area contributed by atoms with Gasteiger partial charge < -0.3 is 5.32 Å². The number of halogens is 2. The van der Waals surface area contributed by atoms with E-state index in [1.165, 1.54) is 37.7 Å². The molecule has 1 fully saturated rings. The third-order valence-electron chi connectivity index (χ3n) is 4.65. The lowest BCUT2D eigenvalue weighted by atomic mass is 9.72. The highest BCUT2D eigenvalue weighted by Gasteiger charge is 2.31. The fourth-order valence-corrected chi connectivity index (χ4v) is 3.93. The fraction of sp³-hybridized carbons (Fsp3) is 0.647. The van der Waals surface area contributed by atoms with Crippen molar-refractivity contribution in [3.05, 3.63) is 33.8 Å². The summed E-state index contributed by atoms with van der Waals surface area (Å²) < 4.78 is 0. The summed E-state index contributed by atoms with van der Waals surface area (Å²) in [6, 6.07) is 6.49. The van der Waals surface area contributed by atoms with Crippen LogP contribution >= 0.6 is 23.2 Å². The molecular formula is C17H25Cl2N. The van der Waals surface area contributed by atoms with Gasteiger partial charge in [-0.2, -0.15) is 0 Å². The Kier molecular flexibility index (Phi) is 6.20. The lowest BCUT2D eigenvalue weighted by Gasteiger charge is -2.37. The molecule has 3 heteroatoms. The van der Waals surface area contributed by atoms with Crippen LogP contribution in [0.25, 0.3) is 0 Å². The number of hydrogen-bond acceptors (Lipinski definition) is 1. The van der Waals surface area contributed by atoms with Gasteiger partial charge in [-0.25, -0.2) is 0 Å². The SMILES string of the molecule is CCNC(c1ccc(Cl)c(Cl)c1)C1CCCCC1CC. The van der Waals surface area contributed by atoms with Gasteiger partial charge in [0, 0.05) is 6.04 Å². The summed E-state index contributed by atoms with van der Waals surface area (Å²) in [5.41, 5.74) is 1.28. The van der Waals surface area contributed by atoms with Crippen LogP contribution in [-0.4, -0.2) is 6.54 Å². The van der Waals surface area contributed by atoms with Crippen molar-refractivity contribution in [2.75, 3.05) is 6.54 Å². The predicted octanol–water partition coefficient (Wildman–Crippen LogP) is 5.86. The van der Waals surface area contributed by atoms with Crippen molar-refractivity contribution in [2.45, 2.75) is 52.0 Å². The standard InChI is InChI=1S/C17H25Cl2N/c1-3-12-7-5-6-8-14(12)17(20-4-2)13-9-10-15(18)16(19)11-13/h9-12,14,17,20H,3-8H2,1-2H3. The average molecular weight is 314 g/mol. The Labute approximate surface area is 133 Å². The fourth-order valence-electron chi connectivity index (χ4n) is 3.62. The number of rotatable bonds is 5. The molecule has 1 aliphatic carbocycles. The molecule has 1 saturated carbocycles. The zero-order valence-electron chi connectivity index (χ0n) is 12.5. The molecule has 0 aromatic heterocycles. The first-order chi connectivity index (χ1) is 9.67. The van der Waals surface area contributed by atoms with Gasteiger partial charge in [0.1, 0.15) is 0 Å². The average Bonchev–Trinajstić information content (AvgIpc) is 2.48. The van der Waals surface area contributed by atoms with E-state index in [1.807, 2.05) is 12.1 Å². The van der Waals surface area contributed by atoms with E-state index < -0.39 is 0 Å². The maximum Gasteiger partial charge on any atom is 0.0595 e. The summed E-state index contributed by atoms with van der Waals surface area (Å²) in [4.78, 5) is 0. The van der Waals surface area contributed by atoms with Crippen LogP contribution in [0.2, 0.25) is 10.0 Å². The maximum absolute atomic E-state index is 6.21. The van der Waals surface area contributed by atoms with Crippen molar-refractivity contribution in [3.63, 3.8) is 0 Å². The van der Waals surface area contributed by atoms with Gasteiger partial charge in [0.05, 0.1) is 10.0 Å². The smallest absolute Gasteiger partial charge is 0.0595 e. The second-order valence-corrected chi connectivity index (χ2v) is 6.64. The highest BCUT2D eigenvalue weighted by molar-refractivity contribution is 6.42. The predicted molar refractivity (Wildman–Crippen MR) is 88.6 cm³/mol. The van der Waals surface area contributed by atoms with Gasteiger partial charge in [0.15, 0.2) is 0 Å². The molecule has 112 valence electrons. The van der Waals surface area contributed by atoms with Crippen LogP contribution in [0.3, 0.4) is 0 Å². The molecule has 0 radical (unpaired) electrons. The molecule has 1 aromatic carbocycles. The van der Waals surface area contributed by atoms with Gasteiger partial charge in [-0.05, 0) is 42.5 Å². The van der Waals surface area contributed by atoms with E-state index in [2.05, 4.69) is 25.2 Å². The van der Waals surface area contributed by atoms with Crippen LogP contribution in [0.5, 0.6) is 0 Å². The van der Waals surface area contributed by atoms with E-state index >= 15 is 0 Å². The molecule has 1 aliphatic rings. The molecule has 0 aliphatic heterocycles. The lowest BCUT2D eigenvalue weighted by Crippen LogP contribution is -2.34. The van der Waals surface area contributed by atoms with Crippen LogP contribution in [0.15, 0.2) is 18.2 Å². The van der Waals surface area contributed by atoms with Crippen LogP contribution < -0.4 is 5.32 Å². The van der Waals surface area contributed by atoms with E-state index in [-0.39, 0.29) is 0 Å². The van der Waals surface area contributed by atoms with Gasteiger partial charge in [-0.1, -0.05) is 68.8 Å². The highest BCUT2D eigenvalue weighted by Crippen LogP contribution is 2.41. The quantitative estimate of drug-likeness (QED) is 0.717. The van der Waals surface area contributed by atoms with E-state index in [9.17, 15) is 0 Å². The van der Waals surface area contributed by atoms with Crippen LogP contribution in [0.1, 0.15) is 57.6 Å². The molecule has 0 heterocycles. The largest absolute Gasteiger partial charge is 0.310 e. The number of hydrogen-bond donors (Lipinski definition) is 1. The Bertz CT molecular complexity index is 433. The monoisotopic (exact) mass is 313 g/mol. The van der Waals surface area contributed by atoms with E-state index in [0.717, 1.165) is 12.5 Å².